The zero-order valence-electron chi connectivity index (χ0n) is 22.8. The van der Waals surface area contributed by atoms with E-state index >= 15 is 0 Å². The summed E-state index contributed by atoms with van der Waals surface area (Å²) in [5, 5.41) is 17.5. The van der Waals surface area contributed by atoms with Crippen molar-refractivity contribution in [1.29, 1.82) is 0 Å². The van der Waals surface area contributed by atoms with E-state index in [9.17, 15) is 9.90 Å². The number of carbonyl (C=O) groups is 1. The number of ether oxygens (including phenoxy) is 2. The highest BCUT2D eigenvalue weighted by molar-refractivity contribution is 5.92. The van der Waals surface area contributed by atoms with Crippen LogP contribution in [0.5, 0.6) is 11.5 Å². The summed E-state index contributed by atoms with van der Waals surface area (Å²) in [6, 6.07) is 25.3. The molecule has 0 unspecified atom stereocenters. The number of fused-ring (bicyclic) bond motifs is 2. The maximum Gasteiger partial charge on any atom is 0.231 e. The van der Waals surface area contributed by atoms with E-state index in [0.29, 0.717) is 17.3 Å². The van der Waals surface area contributed by atoms with Crippen LogP contribution in [-0.4, -0.2) is 53.7 Å². The standard InChI is InChI=1S/C32H30N4O4/c1-19-34-31-24-17-21-11-8-16-33-25(21)18-26(24)40-30(31,22-12-14-23(39-4)15-13-22)27(20-9-6-5-7-10-20)28(29(37)36(2)3)32(31,38)35-19/h5-18,27-28,38H,1-4H3,(H,34,35)/t27-,28+,30+,31-,32-/m1/s1. The van der Waals surface area contributed by atoms with Gasteiger partial charge in [0.05, 0.1) is 18.5 Å². The zero-order chi connectivity index (χ0) is 27.9. The van der Waals surface area contributed by atoms with Gasteiger partial charge in [0.25, 0.3) is 0 Å². The van der Waals surface area contributed by atoms with Crippen LogP contribution in [0.25, 0.3) is 10.9 Å². The number of aliphatic imine (C=N–C) groups is 1. The second-order valence-electron chi connectivity index (χ2n) is 11.0. The lowest BCUT2D eigenvalue weighted by atomic mass is 9.68. The number of amidine groups is 1. The lowest BCUT2D eigenvalue weighted by molar-refractivity contribution is -0.144. The normalized spacial score (nSPS) is 29.6. The van der Waals surface area contributed by atoms with E-state index in [4.69, 9.17) is 14.5 Å². The number of benzene rings is 3. The van der Waals surface area contributed by atoms with E-state index in [1.54, 1.807) is 27.4 Å². The van der Waals surface area contributed by atoms with Crippen molar-refractivity contribution in [2.45, 2.75) is 29.7 Å². The molecular weight excluding hydrogens is 504 g/mol. The molecule has 0 radical (unpaired) electrons. The molecule has 1 amide bonds. The molecule has 1 spiro atoms. The van der Waals surface area contributed by atoms with Gasteiger partial charge in [-0.25, -0.2) is 4.99 Å². The van der Waals surface area contributed by atoms with Gasteiger partial charge < -0.3 is 24.8 Å². The molecule has 2 aliphatic heterocycles. The van der Waals surface area contributed by atoms with Crippen molar-refractivity contribution in [3.8, 4) is 11.5 Å². The molecule has 3 heterocycles. The molecule has 0 bridgehead atoms. The number of methoxy groups -OCH3 is 1. The molecule has 0 saturated heterocycles. The molecule has 5 atom stereocenters. The molecule has 1 aliphatic carbocycles. The largest absolute Gasteiger partial charge is 0.497 e. The first kappa shape index (κ1) is 24.6. The number of hydrogen-bond acceptors (Lipinski definition) is 7. The van der Waals surface area contributed by atoms with Crippen LogP contribution in [0.4, 0.5) is 0 Å². The van der Waals surface area contributed by atoms with E-state index < -0.39 is 28.7 Å². The van der Waals surface area contributed by atoms with Crippen molar-refractivity contribution in [3.63, 3.8) is 0 Å². The van der Waals surface area contributed by atoms with Gasteiger partial charge in [-0.05, 0) is 42.3 Å². The number of amides is 1. The fourth-order valence-corrected chi connectivity index (χ4v) is 7.33. The lowest BCUT2D eigenvalue weighted by Crippen LogP contribution is -2.63. The molecule has 3 aliphatic rings. The first-order valence-corrected chi connectivity index (χ1v) is 13.3. The van der Waals surface area contributed by atoms with Crippen molar-refractivity contribution in [2.75, 3.05) is 21.2 Å². The van der Waals surface area contributed by atoms with Crippen LogP contribution < -0.4 is 14.8 Å². The van der Waals surface area contributed by atoms with Gasteiger partial charge in [-0.2, -0.15) is 0 Å². The van der Waals surface area contributed by atoms with Crippen LogP contribution in [0.2, 0.25) is 0 Å². The summed E-state index contributed by atoms with van der Waals surface area (Å²) < 4.78 is 12.7. The van der Waals surface area contributed by atoms with Gasteiger partial charge in [-0.15, -0.1) is 0 Å². The second kappa shape index (κ2) is 8.29. The average Bonchev–Trinajstić information content (AvgIpc) is 3.47. The van der Waals surface area contributed by atoms with Gasteiger partial charge in [-0.1, -0.05) is 48.5 Å². The minimum atomic E-state index is -1.87. The molecule has 8 nitrogen and oxygen atoms in total. The third-order valence-corrected chi connectivity index (χ3v) is 8.78. The highest BCUT2D eigenvalue weighted by Crippen LogP contribution is 2.73. The fourth-order valence-electron chi connectivity index (χ4n) is 7.33. The highest BCUT2D eigenvalue weighted by Gasteiger charge is 2.85. The van der Waals surface area contributed by atoms with Crippen molar-refractivity contribution >= 4 is 22.6 Å². The van der Waals surface area contributed by atoms with Crippen LogP contribution in [0, 0.1) is 5.92 Å². The molecule has 1 aromatic heterocycles. The Balaban J connectivity index is 1.64. The zero-order valence-corrected chi connectivity index (χ0v) is 22.8. The molecule has 2 N–H and O–H groups in total. The van der Waals surface area contributed by atoms with Crippen molar-refractivity contribution in [3.05, 3.63) is 102 Å². The van der Waals surface area contributed by atoms with E-state index in [-0.39, 0.29) is 5.91 Å². The minimum Gasteiger partial charge on any atom is -0.497 e. The molecule has 4 aromatic rings. The van der Waals surface area contributed by atoms with Crippen LogP contribution in [0.15, 0.2) is 90.1 Å². The Morgan fingerprint density at radius 3 is 2.50 bits per heavy atom. The Kier molecular flexibility index (Phi) is 5.10. The van der Waals surface area contributed by atoms with Gasteiger partial charge in [0.2, 0.25) is 11.6 Å². The maximum absolute atomic E-state index is 14.2. The highest BCUT2D eigenvalue weighted by atomic mass is 16.5. The maximum atomic E-state index is 14.2. The average molecular weight is 535 g/mol. The van der Waals surface area contributed by atoms with E-state index in [2.05, 4.69) is 10.3 Å². The Hall–Kier alpha value is -4.43. The lowest BCUT2D eigenvalue weighted by Gasteiger charge is -2.44. The van der Waals surface area contributed by atoms with E-state index in [1.165, 1.54) is 4.90 Å². The molecule has 8 heteroatoms. The molecule has 7 rings (SSSR count). The van der Waals surface area contributed by atoms with E-state index in [0.717, 1.165) is 27.6 Å². The van der Waals surface area contributed by atoms with Crippen molar-refractivity contribution < 1.29 is 19.4 Å². The quantitative estimate of drug-likeness (QED) is 0.412. The summed E-state index contributed by atoms with van der Waals surface area (Å²) in [5.74, 6) is 0.00740. The van der Waals surface area contributed by atoms with E-state index in [1.807, 2.05) is 85.8 Å². The number of rotatable bonds is 4. The summed E-state index contributed by atoms with van der Waals surface area (Å²) >= 11 is 0. The summed E-state index contributed by atoms with van der Waals surface area (Å²) in [7, 11) is 5.04. The molecule has 3 aromatic carbocycles. The van der Waals surface area contributed by atoms with Crippen molar-refractivity contribution in [2.24, 2.45) is 10.9 Å². The number of nitrogens with zero attached hydrogens (tertiary/aromatic N) is 3. The van der Waals surface area contributed by atoms with Gasteiger partial charge in [0.1, 0.15) is 17.4 Å². The number of aromatic nitrogens is 1. The predicted octanol–water partition coefficient (Wildman–Crippen LogP) is 3.94. The number of pyridine rings is 1. The second-order valence-corrected chi connectivity index (χ2v) is 11.0. The monoisotopic (exact) mass is 534 g/mol. The smallest absolute Gasteiger partial charge is 0.231 e. The number of nitrogens with one attached hydrogen (secondary N) is 1. The number of hydrogen-bond donors (Lipinski definition) is 2. The minimum absolute atomic E-state index is 0.231. The molecule has 40 heavy (non-hydrogen) atoms. The SMILES string of the molecule is COc1ccc([C@@]23Oc4cc5ncccc5cc4[C@@]24NC(C)=N[C@@]4(O)[C@H](C(=O)N(C)C)[C@H]3c2ccccc2)cc1. The molecular formula is C32H30N4O4. The molecule has 1 saturated carbocycles. The van der Waals surface area contributed by atoms with Gasteiger partial charge in [0, 0.05) is 43.2 Å². The summed E-state index contributed by atoms with van der Waals surface area (Å²) in [6.07, 6.45) is 1.75. The Morgan fingerprint density at radius 1 is 1.05 bits per heavy atom. The summed E-state index contributed by atoms with van der Waals surface area (Å²) in [6.45, 7) is 1.82. The summed E-state index contributed by atoms with van der Waals surface area (Å²) in [5.41, 5.74) is -1.30. The van der Waals surface area contributed by atoms with Gasteiger partial charge in [-0.3, -0.25) is 9.78 Å². The van der Waals surface area contributed by atoms with Crippen LogP contribution in [0.1, 0.15) is 29.5 Å². The predicted molar refractivity (Wildman–Crippen MR) is 151 cm³/mol. The topological polar surface area (TPSA) is 96.3 Å². The molecule has 1 fully saturated rings. The Bertz CT molecular complexity index is 1690. The Labute approximate surface area is 232 Å². The first-order chi connectivity index (χ1) is 19.3. The van der Waals surface area contributed by atoms with Gasteiger partial charge >= 0.3 is 0 Å². The van der Waals surface area contributed by atoms with Crippen LogP contribution in [0.3, 0.4) is 0 Å². The number of carbonyl (C=O) groups excluding carboxylic acids is 1. The van der Waals surface area contributed by atoms with Crippen molar-refractivity contribution in [1.82, 2.24) is 15.2 Å². The first-order valence-electron chi connectivity index (χ1n) is 13.3. The Morgan fingerprint density at radius 2 is 1.80 bits per heavy atom. The van der Waals surface area contributed by atoms with Gasteiger partial charge in [0.15, 0.2) is 11.1 Å². The summed E-state index contributed by atoms with van der Waals surface area (Å²) in [4.78, 5) is 25.1. The number of aliphatic hydroxyl groups is 1. The third kappa shape index (κ3) is 2.86. The fraction of sp³-hybridized carbons (Fsp3) is 0.281. The van der Waals surface area contributed by atoms with Crippen LogP contribution >= 0.6 is 0 Å². The molecule has 202 valence electrons. The third-order valence-electron chi connectivity index (χ3n) is 8.78. The van der Waals surface area contributed by atoms with Crippen LogP contribution in [-0.2, 0) is 15.9 Å².